The second-order valence-corrected chi connectivity index (χ2v) is 5.02. The van der Waals surface area contributed by atoms with E-state index in [1.807, 2.05) is 13.8 Å². The molecule has 0 aromatic carbocycles. The lowest BCUT2D eigenvalue weighted by Gasteiger charge is -2.31. The van der Waals surface area contributed by atoms with Crippen molar-refractivity contribution in [3.05, 3.63) is 11.1 Å². The van der Waals surface area contributed by atoms with Gasteiger partial charge in [0.15, 0.2) is 5.78 Å². The van der Waals surface area contributed by atoms with E-state index < -0.39 is 5.92 Å². The summed E-state index contributed by atoms with van der Waals surface area (Å²) in [6.07, 6.45) is 2.03. The summed E-state index contributed by atoms with van der Waals surface area (Å²) >= 11 is 0. The highest BCUT2D eigenvalue weighted by molar-refractivity contribution is 6.02. The van der Waals surface area contributed by atoms with E-state index in [1.54, 1.807) is 0 Å². The van der Waals surface area contributed by atoms with Crippen molar-refractivity contribution in [2.75, 3.05) is 0 Å². The molecule has 16 heavy (non-hydrogen) atoms. The van der Waals surface area contributed by atoms with E-state index in [-0.39, 0.29) is 23.8 Å². The van der Waals surface area contributed by atoms with Crippen molar-refractivity contribution in [2.24, 2.45) is 11.8 Å². The normalized spacial score (nSPS) is 40.1. The summed E-state index contributed by atoms with van der Waals surface area (Å²) in [6, 6.07) is 0. The molecular formula is C13H18O3. The third-order valence-electron chi connectivity index (χ3n) is 3.94. The van der Waals surface area contributed by atoms with Crippen molar-refractivity contribution in [1.29, 1.82) is 0 Å². The lowest BCUT2D eigenvalue weighted by atomic mass is 9.84. The zero-order valence-electron chi connectivity index (χ0n) is 10.1. The molecule has 0 N–H and O–H groups in total. The Morgan fingerprint density at radius 3 is 2.56 bits per heavy atom. The van der Waals surface area contributed by atoms with Gasteiger partial charge >= 0.3 is 5.97 Å². The highest BCUT2D eigenvalue weighted by Gasteiger charge is 2.43. The smallest absolute Gasteiger partial charge is 0.317 e. The van der Waals surface area contributed by atoms with Crippen LogP contribution in [-0.2, 0) is 14.3 Å². The maximum absolute atomic E-state index is 12.1. The highest BCUT2D eigenvalue weighted by atomic mass is 16.5. The van der Waals surface area contributed by atoms with Crippen molar-refractivity contribution < 1.29 is 14.3 Å². The van der Waals surface area contributed by atoms with Gasteiger partial charge in [0.1, 0.15) is 12.0 Å². The minimum absolute atomic E-state index is 0.0651. The SMILES string of the molecule is C/C1=C(\C)C[C@H]2C(=O)O[C@@H](CC1)[C@@H](C)C2=O. The van der Waals surface area contributed by atoms with Crippen LogP contribution in [0.15, 0.2) is 11.1 Å². The van der Waals surface area contributed by atoms with Gasteiger partial charge in [-0.2, -0.15) is 0 Å². The fraction of sp³-hybridized carbons (Fsp3) is 0.692. The topological polar surface area (TPSA) is 43.4 Å². The van der Waals surface area contributed by atoms with Gasteiger partial charge in [-0.05, 0) is 33.1 Å². The Morgan fingerprint density at radius 2 is 1.88 bits per heavy atom. The van der Waals surface area contributed by atoms with Crippen LogP contribution in [0.1, 0.15) is 40.0 Å². The first kappa shape index (κ1) is 11.4. The molecule has 0 radical (unpaired) electrons. The maximum atomic E-state index is 12.1. The van der Waals surface area contributed by atoms with Crippen molar-refractivity contribution in [2.45, 2.75) is 46.1 Å². The summed E-state index contributed by atoms with van der Waals surface area (Å²) in [6.45, 7) is 5.97. The molecule has 1 saturated heterocycles. The Hall–Kier alpha value is -1.12. The number of hydrogen-bond donors (Lipinski definition) is 0. The second kappa shape index (κ2) is 4.04. The van der Waals surface area contributed by atoms with Crippen LogP contribution in [0.3, 0.4) is 0 Å². The largest absolute Gasteiger partial charge is 0.461 e. The quantitative estimate of drug-likeness (QED) is 0.358. The number of ketones is 1. The van der Waals surface area contributed by atoms with Crippen molar-refractivity contribution >= 4 is 11.8 Å². The lowest BCUT2D eigenvalue weighted by Crippen LogP contribution is -2.44. The third kappa shape index (κ3) is 1.79. The maximum Gasteiger partial charge on any atom is 0.317 e. The molecule has 3 heteroatoms. The van der Waals surface area contributed by atoms with Gasteiger partial charge in [0.2, 0.25) is 0 Å². The molecule has 1 aliphatic carbocycles. The number of hydrogen-bond acceptors (Lipinski definition) is 3. The summed E-state index contributed by atoms with van der Waals surface area (Å²) in [4.78, 5) is 23.8. The van der Waals surface area contributed by atoms with Gasteiger partial charge in [-0.1, -0.05) is 18.1 Å². The molecule has 3 rings (SSSR count). The summed E-state index contributed by atoms with van der Waals surface area (Å²) in [5.74, 6) is -0.946. The summed E-state index contributed by atoms with van der Waals surface area (Å²) in [5, 5.41) is 0. The minimum Gasteiger partial charge on any atom is -0.461 e. The average molecular weight is 222 g/mol. The number of fused-ring (bicyclic) bond motifs is 5. The highest BCUT2D eigenvalue weighted by Crippen LogP contribution is 2.33. The Balaban J connectivity index is 2.37. The van der Waals surface area contributed by atoms with Crippen LogP contribution >= 0.6 is 0 Å². The Kier molecular flexibility index (Phi) is 2.87. The minimum atomic E-state index is -0.556. The molecular weight excluding hydrogens is 204 g/mol. The molecule has 0 saturated carbocycles. The Labute approximate surface area is 95.9 Å². The van der Waals surface area contributed by atoms with Crippen LogP contribution in [-0.4, -0.2) is 17.9 Å². The number of carbonyl (C=O) groups is 2. The number of carbonyl (C=O) groups excluding carboxylic acids is 2. The van der Waals surface area contributed by atoms with Crippen molar-refractivity contribution in [3.8, 4) is 0 Å². The van der Waals surface area contributed by atoms with Crippen LogP contribution in [0, 0.1) is 11.8 Å². The van der Waals surface area contributed by atoms with Gasteiger partial charge in [-0.3, -0.25) is 9.59 Å². The molecule has 88 valence electrons. The number of allylic oxidation sites excluding steroid dienone is 2. The van der Waals surface area contributed by atoms with Crippen LogP contribution in [0.5, 0.6) is 0 Å². The van der Waals surface area contributed by atoms with Crippen LogP contribution in [0.25, 0.3) is 0 Å². The molecule has 0 unspecified atom stereocenters. The molecule has 0 aromatic rings. The number of esters is 1. The summed E-state index contributed by atoms with van der Waals surface area (Å²) in [5.41, 5.74) is 2.47. The lowest BCUT2D eigenvalue weighted by molar-refractivity contribution is -0.170. The summed E-state index contributed by atoms with van der Waals surface area (Å²) < 4.78 is 5.36. The van der Waals surface area contributed by atoms with E-state index >= 15 is 0 Å². The Bertz CT molecular complexity index is 367. The van der Waals surface area contributed by atoms with Gasteiger partial charge in [0.25, 0.3) is 0 Å². The van der Waals surface area contributed by atoms with Gasteiger partial charge in [-0.15, -0.1) is 0 Å². The van der Waals surface area contributed by atoms with Gasteiger partial charge in [0, 0.05) is 0 Å². The van der Waals surface area contributed by atoms with E-state index in [0.717, 1.165) is 12.8 Å². The van der Waals surface area contributed by atoms with Gasteiger partial charge in [-0.25, -0.2) is 0 Å². The van der Waals surface area contributed by atoms with Crippen molar-refractivity contribution in [1.82, 2.24) is 0 Å². The fourth-order valence-electron chi connectivity index (χ4n) is 2.50. The third-order valence-corrected chi connectivity index (χ3v) is 3.94. The molecule has 2 heterocycles. The van der Waals surface area contributed by atoms with Crippen LogP contribution < -0.4 is 0 Å². The zero-order chi connectivity index (χ0) is 11.9. The van der Waals surface area contributed by atoms with E-state index in [9.17, 15) is 9.59 Å². The first-order chi connectivity index (χ1) is 7.50. The second-order valence-electron chi connectivity index (χ2n) is 5.02. The van der Waals surface area contributed by atoms with E-state index in [2.05, 4.69) is 6.92 Å². The molecule has 3 aliphatic rings. The van der Waals surface area contributed by atoms with E-state index in [1.165, 1.54) is 11.1 Å². The predicted molar refractivity (Wildman–Crippen MR) is 59.8 cm³/mol. The molecule has 2 bridgehead atoms. The molecule has 0 amide bonds. The van der Waals surface area contributed by atoms with Gasteiger partial charge < -0.3 is 4.74 Å². The monoisotopic (exact) mass is 222 g/mol. The van der Waals surface area contributed by atoms with Gasteiger partial charge in [0.05, 0.1) is 5.92 Å². The number of ether oxygens (including phenoxy) is 1. The molecule has 3 atom stereocenters. The fourth-order valence-corrected chi connectivity index (χ4v) is 2.50. The molecule has 0 spiro atoms. The molecule has 1 fully saturated rings. The standard InChI is InChI=1S/C13H18O3/c1-7-4-5-11-9(3)12(14)10(6-8(7)2)13(15)16-11/h9-11H,4-6H2,1-3H3/b8-7-/t9-,10-,11+/m1/s1. The van der Waals surface area contributed by atoms with E-state index in [0.29, 0.717) is 6.42 Å². The van der Waals surface area contributed by atoms with Crippen molar-refractivity contribution in [3.63, 3.8) is 0 Å². The Morgan fingerprint density at radius 1 is 1.19 bits per heavy atom. The zero-order valence-corrected chi connectivity index (χ0v) is 10.1. The average Bonchev–Trinajstić information content (AvgIpc) is 2.32. The first-order valence-corrected chi connectivity index (χ1v) is 5.90. The van der Waals surface area contributed by atoms with E-state index in [4.69, 9.17) is 4.74 Å². The number of Topliss-reactive ketones (excluding diaryl/α,β-unsaturated/α-hetero) is 1. The molecule has 3 nitrogen and oxygen atoms in total. The van der Waals surface area contributed by atoms with Crippen LogP contribution in [0.2, 0.25) is 0 Å². The predicted octanol–water partition coefficient (Wildman–Crippen LogP) is 2.25. The van der Waals surface area contributed by atoms with Crippen LogP contribution in [0.4, 0.5) is 0 Å². The molecule has 0 aromatic heterocycles. The summed E-state index contributed by atoms with van der Waals surface area (Å²) in [7, 11) is 0. The molecule has 2 aliphatic heterocycles. The number of rotatable bonds is 0. The first-order valence-electron chi connectivity index (χ1n) is 5.90.